The minimum absolute atomic E-state index is 0.0129. The molecule has 0 fully saturated rings. The fourth-order valence-electron chi connectivity index (χ4n) is 1.12. The van der Waals surface area contributed by atoms with Crippen molar-refractivity contribution in [1.29, 1.82) is 0 Å². The average molecular weight is 231 g/mol. The van der Waals surface area contributed by atoms with Gasteiger partial charge < -0.3 is 4.42 Å². The van der Waals surface area contributed by atoms with Crippen molar-refractivity contribution in [2.24, 2.45) is 5.41 Å². The Bertz CT molecular complexity index is 521. The molecular weight excluding hydrogens is 218 g/mol. The summed E-state index contributed by atoms with van der Waals surface area (Å²) in [5.41, 5.74) is 1.70. The second-order valence-corrected chi connectivity index (χ2v) is 5.28. The average Bonchev–Trinajstić information content (AvgIpc) is 2.57. The van der Waals surface area contributed by atoms with Crippen molar-refractivity contribution in [1.82, 2.24) is 4.98 Å². The van der Waals surface area contributed by atoms with Crippen LogP contribution >= 0.6 is 11.8 Å². The zero-order valence-electron chi connectivity index (χ0n) is 9.57. The van der Waals surface area contributed by atoms with Gasteiger partial charge in [-0.15, -0.1) is 0 Å². The summed E-state index contributed by atoms with van der Waals surface area (Å²) in [6.07, 6.45) is 0. The van der Waals surface area contributed by atoms with Crippen LogP contribution in [0.25, 0.3) is 11.1 Å². The van der Waals surface area contributed by atoms with E-state index in [0.717, 1.165) is 11.1 Å². The van der Waals surface area contributed by atoms with Crippen molar-refractivity contribution in [2.45, 2.75) is 26.0 Å². The normalized spacial score (nSPS) is 11.2. The molecule has 16 heavy (non-hydrogen) atoms. The Balaban J connectivity index is 2.18. The number of rotatable bonds is 1. The first kappa shape index (κ1) is 11.1. The molecule has 2 nitrogen and oxygen atoms in total. The van der Waals surface area contributed by atoms with Gasteiger partial charge in [-0.05, 0) is 38.2 Å². The van der Waals surface area contributed by atoms with E-state index in [1.165, 1.54) is 11.8 Å². The van der Waals surface area contributed by atoms with E-state index in [0.29, 0.717) is 5.22 Å². The molecule has 3 heteroatoms. The van der Waals surface area contributed by atoms with Gasteiger partial charge in [-0.1, -0.05) is 18.1 Å². The third-order valence-electron chi connectivity index (χ3n) is 1.84. The molecule has 0 unspecified atom stereocenters. The summed E-state index contributed by atoms with van der Waals surface area (Å²) in [7, 11) is 0. The lowest BCUT2D eigenvalue weighted by atomic mass is 9.99. The fourth-order valence-corrected chi connectivity index (χ4v) is 1.84. The quantitative estimate of drug-likeness (QED) is 0.549. The zero-order valence-corrected chi connectivity index (χ0v) is 10.4. The van der Waals surface area contributed by atoms with Gasteiger partial charge in [0, 0.05) is 17.2 Å². The van der Waals surface area contributed by atoms with Gasteiger partial charge in [0.1, 0.15) is 5.52 Å². The van der Waals surface area contributed by atoms with Crippen LogP contribution < -0.4 is 0 Å². The topological polar surface area (TPSA) is 26.0 Å². The summed E-state index contributed by atoms with van der Waals surface area (Å²) < 4.78 is 5.53. The number of hydrogen-bond donors (Lipinski definition) is 0. The second kappa shape index (κ2) is 4.23. The Morgan fingerprint density at radius 1 is 1.25 bits per heavy atom. The van der Waals surface area contributed by atoms with Gasteiger partial charge in [0.15, 0.2) is 5.58 Å². The third kappa shape index (κ3) is 2.80. The maximum atomic E-state index is 5.53. The van der Waals surface area contributed by atoms with Crippen LogP contribution in [0.4, 0.5) is 0 Å². The van der Waals surface area contributed by atoms with E-state index in [1.54, 1.807) is 0 Å². The molecule has 0 radical (unpaired) electrons. The smallest absolute Gasteiger partial charge is 0.269 e. The predicted octanol–water partition coefficient (Wildman–Crippen LogP) is 3.93. The van der Waals surface area contributed by atoms with E-state index in [2.05, 4.69) is 36.9 Å². The lowest BCUT2D eigenvalue weighted by Crippen LogP contribution is -1.98. The molecule has 0 amide bonds. The van der Waals surface area contributed by atoms with Crippen LogP contribution in [0.1, 0.15) is 20.8 Å². The second-order valence-electron chi connectivity index (χ2n) is 4.53. The molecule has 0 saturated heterocycles. The summed E-state index contributed by atoms with van der Waals surface area (Å²) in [6, 6.07) is 7.71. The van der Waals surface area contributed by atoms with E-state index in [4.69, 9.17) is 4.42 Å². The number of para-hydroxylation sites is 2. The Morgan fingerprint density at radius 3 is 2.69 bits per heavy atom. The Labute approximate surface area is 99.4 Å². The molecule has 0 aliphatic rings. The highest BCUT2D eigenvalue weighted by molar-refractivity contribution is 8.03. The van der Waals surface area contributed by atoms with Gasteiger partial charge in [-0.25, -0.2) is 4.98 Å². The van der Waals surface area contributed by atoms with Crippen molar-refractivity contribution in [3.8, 4) is 11.2 Å². The van der Waals surface area contributed by atoms with Crippen molar-refractivity contribution in [3.63, 3.8) is 0 Å². The van der Waals surface area contributed by atoms with E-state index in [-0.39, 0.29) is 5.41 Å². The van der Waals surface area contributed by atoms with Gasteiger partial charge in [0.05, 0.1) is 0 Å². The van der Waals surface area contributed by atoms with Crippen LogP contribution in [0.3, 0.4) is 0 Å². The molecule has 0 spiro atoms. The number of fused-ring (bicyclic) bond motifs is 1. The number of aromatic nitrogens is 1. The molecule has 0 N–H and O–H groups in total. The molecule has 1 heterocycles. The summed E-state index contributed by atoms with van der Waals surface area (Å²) in [4.78, 5) is 4.33. The summed E-state index contributed by atoms with van der Waals surface area (Å²) >= 11 is 1.33. The highest BCUT2D eigenvalue weighted by atomic mass is 32.2. The van der Waals surface area contributed by atoms with Gasteiger partial charge in [0.2, 0.25) is 0 Å². The molecule has 0 aliphatic heterocycles. The zero-order chi connectivity index (χ0) is 11.6. The molecule has 82 valence electrons. The number of nitrogens with zero attached hydrogens (tertiary/aromatic N) is 1. The van der Waals surface area contributed by atoms with Crippen molar-refractivity contribution < 1.29 is 4.42 Å². The largest absolute Gasteiger partial charge is 0.431 e. The summed E-state index contributed by atoms with van der Waals surface area (Å²) in [5.74, 6) is 3.13. The molecule has 2 rings (SSSR count). The highest BCUT2D eigenvalue weighted by Gasteiger charge is 2.06. The van der Waals surface area contributed by atoms with Crippen LogP contribution in [-0.4, -0.2) is 4.98 Å². The number of benzene rings is 1. The Morgan fingerprint density at radius 2 is 2.00 bits per heavy atom. The van der Waals surface area contributed by atoms with Crippen LogP contribution in [0.5, 0.6) is 0 Å². The fraction of sp³-hybridized carbons (Fsp3) is 0.308. The molecule has 0 bridgehead atoms. The molecular formula is C13H13NOS. The van der Waals surface area contributed by atoms with Crippen LogP contribution in [0, 0.1) is 16.6 Å². The van der Waals surface area contributed by atoms with Crippen molar-refractivity contribution in [2.75, 3.05) is 0 Å². The van der Waals surface area contributed by atoms with E-state index < -0.39 is 0 Å². The standard InChI is InChI=1S/C13H13NOS/c1-13(2,3)8-9-16-12-14-10-6-4-5-7-11(10)15-12/h4-7H,1-3H3. The van der Waals surface area contributed by atoms with Gasteiger partial charge >= 0.3 is 0 Å². The first-order valence-electron chi connectivity index (χ1n) is 5.09. The van der Waals surface area contributed by atoms with Crippen LogP contribution in [0.2, 0.25) is 0 Å². The minimum Gasteiger partial charge on any atom is -0.431 e. The number of oxazole rings is 1. The van der Waals surface area contributed by atoms with Gasteiger partial charge in [-0.2, -0.15) is 0 Å². The molecule has 0 atom stereocenters. The lowest BCUT2D eigenvalue weighted by molar-refractivity contribution is 0.490. The summed E-state index contributed by atoms with van der Waals surface area (Å²) in [5, 5.41) is 3.62. The monoisotopic (exact) mass is 231 g/mol. The lowest BCUT2D eigenvalue weighted by Gasteiger charge is -2.05. The number of thioether (sulfide) groups is 1. The van der Waals surface area contributed by atoms with E-state index in [9.17, 15) is 0 Å². The Hall–Kier alpha value is -1.40. The molecule has 1 aromatic heterocycles. The Kier molecular flexibility index (Phi) is 2.93. The molecule has 0 aliphatic carbocycles. The maximum Gasteiger partial charge on any atom is 0.269 e. The van der Waals surface area contributed by atoms with Crippen molar-refractivity contribution in [3.05, 3.63) is 24.3 Å². The third-order valence-corrected chi connectivity index (χ3v) is 2.39. The molecule has 2 aromatic rings. The molecule has 1 aromatic carbocycles. The number of hydrogen-bond acceptors (Lipinski definition) is 3. The van der Waals surface area contributed by atoms with E-state index in [1.807, 2.05) is 24.3 Å². The first-order valence-corrected chi connectivity index (χ1v) is 5.91. The van der Waals surface area contributed by atoms with Crippen molar-refractivity contribution >= 4 is 22.9 Å². The summed E-state index contributed by atoms with van der Waals surface area (Å²) in [6.45, 7) is 6.23. The molecule has 0 saturated carbocycles. The van der Waals surface area contributed by atoms with Gasteiger partial charge in [0.25, 0.3) is 5.22 Å². The van der Waals surface area contributed by atoms with E-state index >= 15 is 0 Å². The SMILES string of the molecule is CC(C)(C)C#CSc1nc2ccccc2o1. The highest BCUT2D eigenvalue weighted by Crippen LogP contribution is 2.22. The maximum absolute atomic E-state index is 5.53. The minimum atomic E-state index is 0.0129. The van der Waals surface area contributed by atoms with Crippen LogP contribution in [0.15, 0.2) is 33.9 Å². The van der Waals surface area contributed by atoms with Crippen LogP contribution in [-0.2, 0) is 0 Å². The van der Waals surface area contributed by atoms with Gasteiger partial charge in [-0.3, -0.25) is 0 Å². The first-order chi connectivity index (χ1) is 7.54. The predicted molar refractivity (Wildman–Crippen MR) is 67.1 cm³/mol.